The molecular formula is C13H9O3P. The first-order valence-electron chi connectivity index (χ1n) is 5.20. The van der Waals surface area contributed by atoms with E-state index in [9.17, 15) is 4.89 Å². The molecule has 0 amide bonds. The molecule has 1 aliphatic rings. The maximum atomic E-state index is 11.9. The molecular weight excluding hydrogens is 235 g/mol. The van der Waals surface area contributed by atoms with Gasteiger partial charge in [-0.05, 0) is 12.1 Å². The highest BCUT2D eigenvalue weighted by Crippen LogP contribution is 2.35. The van der Waals surface area contributed by atoms with Crippen LogP contribution in [-0.2, 0) is 4.67 Å². The number of rotatable bonds is 1. The summed E-state index contributed by atoms with van der Waals surface area (Å²) in [5, 5.41) is 0.683. The largest absolute Gasteiger partial charge is 0.599 e. The molecule has 1 unspecified atom stereocenters. The van der Waals surface area contributed by atoms with Gasteiger partial charge < -0.3 is 4.89 Å². The molecule has 0 bridgehead atoms. The van der Waals surface area contributed by atoms with E-state index in [-0.39, 0.29) is 0 Å². The zero-order valence-electron chi connectivity index (χ0n) is 8.87. The zero-order valence-corrected chi connectivity index (χ0v) is 9.76. The van der Waals surface area contributed by atoms with Crippen molar-refractivity contribution >= 4 is 13.3 Å². The van der Waals surface area contributed by atoms with E-state index in [1.54, 1.807) is 6.07 Å². The first-order valence-corrected chi connectivity index (χ1v) is 6.38. The van der Waals surface area contributed by atoms with E-state index >= 15 is 0 Å². The number of para-hydroxylation sites is 1. The topological polar surface area (TPSA) is 41.5 Å². The third kappa shape index (κ3) is 1.85. The summed E-state index contributed by atoms with van der Waals surface area (Å²) in [6.07, 6.45) is 0. The normalized spacial score (nSPS) is 16.3. The van der Waals surface area contributed by atoms with Gasteiger partial charge >= 0.3 is 0 Å². The van der Waals surface area contributed by atoms with E-state index < -0.39 is 8.00 Å². The summed E-state index contributed by atoms with van der Waals surface area (Å²) in [6, 6.07) is 17.0. The summed E-state index contributed by atoms with van der Waals surface area (Å²) in [4.78, 5) is 16.9. The van der Waals surface area contributed by atoms with E-state index in [0.717, 1.165) is 11.1 Å². The Bertz CT molecular complexity index is 578. The average Bonchev–Trinajstić information content (AvgIpc) is 2.39. The molecule has 0 aromatic heterocycles. The van der Waals surface area contributed by atoms with E-state index in [0.29, 0.717) is 11.0 Å². The van der Waals surface area contributed by atoms with Crippen LogP contribution in [0, 0.1) is 0 Å². The molecule has 84 valence electrons. The van der Waals surface area contributed by atoms with Crippen LogP contribution in [0.3, 0.4) is 0 Å². The van der Waals surface area contributed by atoms with Gasteiger partial charge in [-0.3, -0.25) is 4.89 Å². The van der Waals surface area contributed by atoms with E-state index in [4.69, 9.17) is 9.56 Å². The fourth-order valence-corrected chi connectivity index (χ4v) is 2.77. The van der Waals surface area contributed by atoms with Crippen molar-refractivity contribution in [1.29, 1.82) is 0 Å². The van der Waals surface area contributed by atoms with Gasteiger partial charge in [-0.1, -0.05) is 42.5 Å². The Labute approximate surface area is 99.7 Å². The van der Waals surface area contributed by atoms with Gasteiger partial charge in [0, 0.05) is 10.2 Å². The van der Waals surface area contributed by atoms with Crippen molar-refractivity contribution in [1.82, 2.24) is 0 Å². The predicted molar refractivity (Wildman–Crippen MR) is 64.7 cm³/mol. The number of hydrogen-bond donors (Lipinski definition) is 0. The molecule has 1 heterocycles. The van der Waals surface area contributed by atoms with Crippen molar-refractivity contribution < 1.29 is 14.5 Å². The lowest BCUT2D eigenvalue weighted by Gasteiger charge is -2.14. The molecule has 0 fully saturated rings. The highest BCUT2D eigenvalue weighted by Gasteiger charge is 2.27. The minimum Gasteiger partial charge on any atom is -0.599 e. The quantitative estimate of drug-likeness (QED) is 0.570. The lowest BCUT2D eigenvalue weighted by Crippen LogP contribution is -2.15. The van der Waals surface area contributed by atoms with Crippen molar-refractivity contribution in [2.45, 2.75) is 0 Å². The second-order valence-electron chi connectivity index (χ2n) is 3.63. The van der Waals surface area contributed by atoms with Crippen LogP contribution in [-0.4, -0.2) is 5.29 Å². The molecule has 0 saturated heterocycles. The molecule has 3 nitrogen and oxygen atoms in total. The highest BCUT2D eigenvalue weighted by atomic mass is 31.1. The summed E-state index contributed by atoms with van der Waals surface area (Å²) in [7, 11) is -1.97. The first-order chi connectivity index (χ1) is 8.36. The Morgan fingerprint density at radius 3 is 2.41 bits per heavy atom. The van der Waals surface area contributed by atoms with Crippen molar-refractivity contribution in [2.24, 2.45) is 0 Å². The number of fused-ring (bicyclic) bond motifs is 1. The molecule has 1 aliphatic heterocycles. The fraction of sp³-hybridized carbons (Fsp3) is 0. The van der Waals surface area contributed by atoms with Gasteiger partial charge in [0.1, 0.15) is 0 Å². The van der Waals surface area contributed by atoms with Crippen LogP contribution in [0.2, 0.25) is 0 Å². The molecule has 0 aliphatic carbocycles. The van der Waals surface area contributed by atoms with Gasteiger partial charge in [-0.15, -0.1) is 0 Å². The standard InChI is InChI=1S/C13H9O3P/c14-17-13(10-6-2-1-3-7-10)11-8-4-5-9-12(11)15-16-17/h1-9H. The summed E-state index contributed by atoms with van der Waals surface area (Å²) < 4.78 is 4.84. The van der Waals surface area contributed by atoms with E-state index in [1.165, 1.54) is 0 Å². The van der Waals surface area contributed by atoms with Crippen LogP contribution in [0.4, 0.5) is 0 Å². The Hall–Kier alpha value is -1.67. The van der Waals surface area contributed by atoms with Gasteiger partial charge in [0.2, 0.25) is 0 Å². The molecule has 2 aromatic rings. The Balaban J connectivity index is 2.21. The monoisotopic (exact) mass is 244 g/mol. The second-order valence-corrected chi connectivity index (χ2v) is 4.74. The SMILES string of the molecule is [O-][P+]1=C(c2ccccc2)c2ccccc2OO1. The van der Waals surface area contributed by atoms with Crippen molar-refractivity contribution in [2.75, 3.05) is 0 Å². The molecule has 0 saturated carbocycles. The van der Waals surface area contributed by atoms with Crippen LogP contribution in [0.1, 0.15) is 11.1 Å². The van der Waals surface area contributed by atoms with Gasteiger partial charge in [-0.25, -0.2) is 0 Å². The smallest absolute Gasteiger partial charge is 0.289 e. The molecule has 1 atom stereocenters. The maximum absolute atomic E-state index is 11.9. The summed E-state index contributed by atoms with van der Waals surface area (Å²) in [5.41, 5.74) is 1.72. The van der Waals surface area contributed by atoms with E-state index in [2.05, 4.69) is 0 Å². The van der Waals surface area contributed by atoms with Crippen molar-refractivity contribution in [3.8, 4) is 5.75 Å². The third-order valence-corrected chi connectivity index (χ3v) is 3.64. The average molecular weight is 244 g/mol. The minimum absolute atomic E-state index is 0.598. The van der Waals surface area contributed by atoms with Gasteiger partial charge in [-0.2, -0.15) is 0 Å². The Morgan fingerprint density at radius 2 is 1.59 bits per heavy atom. The van der Waals surface area contributed by atoms with Crippen LogP contribution in [0.5, 0.6) is 5.75 Å². The lowest BCUT2D eigenvalue weighted by atomic mass is 10.0. The van der Waals surface area contributed by atoms with Crippen molar-refractivity contribution in [3.63, 3.8) is 0 Å². The molecule has 3 rings (SSSR count). The molecule has 17 heavy (non-hydrogen) atoms. The van der Waals surface area contributed by atoms with Gasteiger partial charge in [0.25, 0.3) is 8.00 Å². The van der Waals surface area contributed by atoms with Crippen LogP contribution < -0.4 is 9.78 Å². The highest BCUT2D eigenvalue weighted by molar-refractivity contribution is 7.48. The number of hydrogen-bond acceptors (Lipinski definition) is 3. The predicted octanol–water partition coefficient (Wildman–Crippen LogP) is 2.25. The number of benzene rings is 2. The third-order valence-electron chi connectivity index (χ3n) is 2.57. The maximum Gasteiger partial charge on any atom is 0.289 e. The molecule has 4 heteroatoms. The Kier molecular flexibility index (Phi) is 2.65. The summed E-state index contributed by atoms with van der Waals surface area (Å²) in [6.45, 7) is 0. The molecule has 0 spiro atoms. The minimum atomic E-state index is -1.97. The van der Waals surface area contributed by atoms with Crippen LogP contribution >= 0.6 is 8.00 Å². The molecule has 2 aromatic carbocycles. The van der Waals surface area contributed by atoms with Crippen LogP contribution in [0.15, 0.2) is 54.6 Å². The lowest BCUT2D eigenvalue weighted by molar-refractivity contribution is -0.218. The summed E-state index contributed by atoms with van der Waals surface area (Å²) >= 11 is 0. The van der Waals surface area contributed by atoms with Gasteiger partial charge in [0.05, 0.1) is 5.56 Å². The fourth-order valence-electron chi connectivity index (χ4n) is 1.80. The van der Waals surface area contributed by atoms with Gasteiger partial charge in [0.15, 0.2) is 11.0 Å². The van der Waals surface area contributed by atoms with E-state index in [1.807, 2.05) is 48.5 Å². The van der Waals surface area contributed by atoms with Crippen LogP contribution in [0.25, 0.3) is 0 Å². The summed E-state index contributed by atoms with van der Waals surface area (Å²) in [5.74, 6) is 0.598. The van der Waals surface area contributed by atoms with Crippen molar-refractivity contribution in [3.05, 3.63) is 65.7 Å². The first kappa shape index (κ1) is 10.5. The second kappa shape index (κ2) is 4.30. The molecule has 0 radical (unpaired) electrons. The molecule has 0 N–H and O–H groups in total. The Morgan fingerprint density at radius 1 is 0.882 bits per heavy atom. The zero-order chi connectivity index (χ0) is 11.7.